The lowest BCUT2D eigenvalue weighted by atomic mass is 9.91. The quantitative estimate of drug-likeness (QED) is 0.0717. The largest absolute Gasteiger partial charge is 0.491 e. The molecule has 1 aliphatic carbocycles. The first-order chi connectivity index (χ1) is 26.4. The van der Waals surface area contributed by atoms with E-state index in [1.54, 1.807) is 0 Å². The van der Waals surface area contributed by atoms with E-state index in [1.807, 2.05) is 27.7 Å². The highest BCUT2D eigenvalue weighted by Crippen LogP contribution is 2.40. The minimum absolute atomic E-state index is 0.431. The standard InChI is InChI=1S/C44H54Br2O8/c1-5-47-15-19-51-41-31-11-9-12-32(41)24-36-28-40(46)30-38(44(36)54-22-18-50-8-4)26-34-14-10-13-33(42(34)52-20-16-48-6-2)25-37-29-39(45)27-35(23-31)43(37)53-21-17-49-7-3/h9-14,27-30H,5-8,15-26H2,1-4H3. The monoisotopic (exact) mass is 868 g/mol. The Morgan fingerprint density at radius 3 is 0.852 bits per heavy atom. The molecule has 0 radical (unpaired) electrons. The Morgan fingerprint density at radius 2 is 0.611 bits per heavy atom. The molecule has 4 aromatic rings. The van der Waals surface area contributed by atoms with Crippen molar-refractivity contribution < 1.29 is 37.9 Å². The lowest BCUT2D eigenvalue weighted by Crippen LogP contribution is -2.14. The molecule has 292 valence electrons. The van der Waals surface area contributed by atoms with Crippen molar-refractivity contribution in [2.24, 2.45) is 0 Å². The van der Waals surface area contributed by atoms with Crippen LogP contribution in [0.15, 0.2) is 69.6 Å². The van der Waals surface area contributed by atoms with E-state index in [0.717, 1.165) is 76.5 Å². The predicted molar refractivity (Wildman–Crippen MR) is 220 cm³/mol. The van der Waals surface area contributed by atoms with Gasteiger partial charge in [0.15, 0.2) is 0 Å². The summed E-state index contributed by atoms with van der Waals surface area (Å²) in [6.07, 6.45) is 2.36. The van der Waals surface area contributed by atoms with Gasteiger partial charge in [-0.05, 0) is 74.2 Å². The van der Waals surface area contributed by atoms with Crippen molar-refractivity contribution in [3.8, 4) is 23.0 Å². The summed E-state index contributed by atoms with van der Waals surface area (Å²) in [5.74, 6) is 3.40. The molecular formula is C44H54Br2O8. The van der Waals surface area contributed by atoms with Crippen molar-refractivity contribution in [3.05, 3.63) is 114 Å². The Labute approximate surface area is 338 Å². The lowest BCUT2D eigenvalue weighted by molar-refractivity contribution is 0.108. The van der Waals surface area contributed by atoms with Gasteiger partial charge in [-0.1, -0.05) is 68.3 Å². The van der Waals surface area contributed by atoms with Crippen molar-refractivity contribution in [3.63, 3.8) is 0 Å². The Balaban J connectivity index is 1.72. The molecule has 0 unspecified atom stereocenters. The molecule has 0 amide bonds. The molecule has 8 nitrogen and oxygen atoms in total. The van der Waals surface area contributed by atoms with Crippen LogP contribution in [0.2, 0.25) is 0 Å². The third kappa shape index (κ3) is 11.9. The highest BCUT2D eigenvalue weighted by atomic mass is 79.9. The molecule has 0 fully saturated rings. The zero-order valence-electron chi connectivity index (χ0n) is 32.1. The summed E-state index contributed by atoms with van der Waals surface area (Å²) < 4.78 is 51.3. The second-order valence-electron chi connectivity index (χ2n) is 12.8. The smallest absolute Gasteiger partial charge is 0.126 e. The Bertz CT molecular complexity index is 1560. The van der Waals surface area contributed by atoms with Crippen molar-refractivity contribution in [2.45, 2.75) is 53.4 Å². The third-order valence-corrected chi connectivity index (χ3v) is 9.92. The van der Waals surface area contributed by atoms with Crippen LogP contribution < -0.4 is 18.9 Å². The molecule has 0 aliphatic heterocycles. The highest BCUT2D eigenvalue weighted by Gasteiger charge is 2.23. The van der Waals surface area contributed by atoms with Crippen LogP contribution >= 0.6 is 31.9 Å². The molecule has 54 heavy (non-hydrogen) atoms. The van der Waals surface area contributed by atoms with Crippen molar-refractivity contribution >= 4 is 31.9 Å². The number of benzene rings is 4. The van der Waals surface area contributed by atoms with Gasteiger partial charge < -0.3 is 37.9 Å². The molecule has 0 N–H and O–H groups in total. The fourth-order valence-corrected chi connectivity index (χ4v) is 7.84. The third-order valence-electron chi connectivity index (χ3n) is 9.01. The number of ether oxygens (including phenoxy) is 8. The van der Waals surface area contributed by atoms with E-state index in [-0.39, 0.29) is 0 Å². The maximum absolute atomic E-state index is 6.64. The number of hydrogen-bond donors (Lipinski definition) is 0. The van der Waals surface area contributed by atoms with Crippen LogP contribution in [0.1, 0.15) is 72.2 Å². The zero-order chi connectivity index (χ0) is 38.1. The fourth-order valence-electron chi connectivity index (χ4n) is 6.73. The Morgan fingerprint density at radius 1 is 0.370 bits per heavy atom. The maximum Gasteiger partial charge on any atom is 0.126 e. The number of para-hydroxylation sites is 2. The van der Waals surface area contributed by atoms with Gasteiger partial charge in [0.2, 0.25) is 0 Å². The van der Waals surface area contributed by atoms with E-state index in [2.05, 4.69) is 92.5 Å². The number of rotatable bonds is 20. The van der Waals surface area contributed by atoms with Crippen molar-refractivity contribution in [1.29, 1.82) is 0 Å². The second kappa shape index (κ2) is 22.4. The maximum atomic E-state index is 6.64. The minimum atomic E-state index is 0.431. The minimum Gasteiger partial charge on any atom is -0.491 e. The first kappa shape index (κ1) is 42.0. The lowest BCUT2D eigenvalue weighted by Gasteiger charge is -2.23. The first-order valence-electron chi connectivity index (χ1n) is 19.1. The van der Waals surface area contributed by atoms with Gasteiger partial charge in [-0.3, -0.25) is 0 Å². The summed E-state index contributed by atoms with van der Waals surface area (Å²) in [7, 11) is 0. The van der Waals surface area contributed by atoms with Crippen LogP contribution in [0.25, 0.3) is 0 Å². The summed E-state index contributed by atoms with van der Waals surface area (Å²) in [6, 6.07) is 21.4. The van der Waals surface area contributed by atoms with Crippen LogP contribution in [-0.2, 0) is 44.6 Å². The Kier molecular flexibility index (Phi) is 17.5. The van der Waals surface area contributed by atoms with Gasteiger partial charge >= 0.3 is 0 Å². The van der Waals surface area contributed by atoms with Gasteiger partial charge in [-0.2, -0.15) is 0 Å². The molecule has 0 aromatic heterocycles. The average molecular weight is 871 g/mol. The number of halogens is 2. The topological polar surface area (TPSA) is 73.8 Å². The molecule has 0 atom stereocenters. The molecule has 0 saturated heterocycles. The van der Waals surface area contributed by atoms with Crippen LogP contribution in [0, 0.1) is 0 Å². The SMILES string of the molecule is CCOCCOc1c2cccc1Cc1cc(Br)cc(c1OCCOCC)Cc1cccc(c1OCCOCC)Cc1cc(Br)cc(c1OCCOCC)C2. The van der Waals surface area contributed by atoms with Crippen molar-refractivity contribution in [1.82, 2.24) is 0 Å². The summed E-state index contributed by atoms with van der Waals surface area (Å²) >= 11 is 7.70. The molecule has 0 heterocycles. The molecule has 4 aromatic carbocycles. The van der Waals surface area contributed by atoms with E-state index in [9.17, 15) is 0 Å². The summed E-state index contributed by atoms with van der Waals surface area (Å²) in [5, 5.41) is 0. The normalized spacial score (nSPS) is 12.4. The van der Waals surface area contributed by atoms with E-state index in [4.69, 9.17) is 37.9 Å². The molecule has 10 heteroatoms. The summed E-state index contributed by atoms with van der Waals surface area (Å²) in [6.45, 7) is 14.2. The summed E-state index contributed by atoms with van der Waals surface area (Å²) in [4.78, 5) is 0. The van der Waals surface area contributed by atoms with Gasteiger partial charge in [0.25, 0.3) is 0 Å². The van der Waals surface area contributed by atoms with Crippen LogP contribution in [0.3, 0.4) is 0 Å². The van der Waals surface area contributed by atoms with Crippen LogP contribution in [0.4, 0.5) is 0 Å². The van der Waals surface area contributed by atoms with Crippen molar-refractivity contribution in [2.75, 3.05) is 79.3 Å². The fraction of sp³-hybridized carbons (Fsp3) is 0.455. The van der Waals surface area contributed by atoms with E-state index >= 15 is 0 Å². The molecule has 0 saturated carbocycles. The zero-order valence-corrected chi connectivity index (χ0v) is 35.3. The number of hydrogen-bond acceptors (Lipinski definition) is 8. The second-order valence-corrected chi connectivity index (χ2v) is 14.6. The molecule has 8 bridgehead atoms. The molecular weight excluding hydrogens is 816 g/mol. The number of fused-ring (bicyclic) bond motifs is 8. The highest BCUT2D eigenvalue weighted by molar-refractivity contribution is 9.10. The van der Waals surface area contributed by atoms with Crippen LogP contribution in [-0.4, -0.2) is 79.3 Å². The van der Waals surface area contributed by atoms with E-state index < -0.39 is 0 Å². The molecule has 5 rings (SSSR count). The van der Waals surface area contributed by atoms with Gasteiger partial charge in [0.1, 0.15) is 49.4 Å². The van der Waals surface area contributed by atoms with Gasteiger partial charge in [-0.25, -0.2) is 0 Å². The van der Waals surface area contributed by atoms with E-state index in [1.165, 1.54) is 0 Å². The molecule has 1 aliphatic rings. The first-order valence-corrected chi connectivity index (χ1v) is 20.7. The van der Waals surface area contributed by atoms with Crippen LogP contribution in [0.5, 0.6) is 23.0 Å². The van der Waals surface area contributed by atoms with Gasteiger partial charge in [0.05, 0.1) is 26.4 Å². The van der Waals surface area contributed by atoms with E-state index in [0.29, 0.717) is 105 Å². The van der Waals surface area contributed by atoms with Gasteiger partial charge in [-0.15, -0.1) is 0 Å². The van der Waals surface area contributed by atoms with Gasteiger partial charge in [0, 0.05) is 83.3 Å². The predicted octanol–water partition coefficient (Wildman–Crippen LogP) is 9.55. The average Bonchev–Trinajstić information content (AvgIpc) is 3.15. The Hall–Kier alpha value is -3.12. The summed E-state index contributed by atoms with van der Waals surface area (Å²) in [5.41, 5.74) is 8.45. The molecule has 0 spiro atoms.